The number of hydrogen-bond acceptors (Lipinski definition) is 5. The standard InChI is InChI=1S/C22H21F3N2O6/c1-27(33-12-19(28)29)20(30)18(22(23,24)25)10-26-21(31)32-11-17-15-8-4-2-6-13(15)14-7-3-5-9-16(14)17/h2-9,17-18H,10-12H2,1H3,(H,26,31)(H,28,29). The van der Waals surface area contributed by atoms with Gasteiger partial charge in [0.25, 0.3) is 5.91 Å². The van der Waals surface area contributed by atoms with Gasteiger partial charge < -0.3 is 15.2 Å². The van der Waals surface area contributed by atoms with E-state index < -0.39 is 43.2 Å². The summed E-state index contributed by atoms with van der Waals surface area (Å²) in [7, 11) is 0.858. The summed E-state index contributed by atoms with van der Waals surface area (Å²) in [6.07, 6.45) is -6.12. The minimum absolute atomic E-state index is 0.105. The highest BCUT2D eigenvalue weighted by molar-refractivity contribution is 5.80. The smallest absolute Gasteiger partial charge is 0.407 e. The van der Waals surface area contributed by atoms with Crippen LogP contribution >= 0.6 is 0 Å². The van der Waals surface area contributed by atoms with Gasteiger partial charge in [-0.05, 0) is 22.3 Å². The third kappa shape index (κ3) is 5.61. The Labute approximate surface area is 186 Å². The van der Waals surface area contributed by atoms with E-state index in [4.69, 9.17) is 9.84 Å². The van der Waals surface area contributed by atoms with Crippen LogP contribution in [-0.2, 0) is 19.2 Å². The van der Waals surface area contributed by atoms with Gasteiger partial charge in [0.05, 0.1) is 0 Å². The number of carbonyl (C=O) groups excluding carboxylic acids is 2. The largest absolute Gasteiger partial charge is 0.479 e. The van der Waals surface area contributed by atoms with E-state index in [1.54, 1.807) is 0 Å². The molecule has 3 rings (SSSR count). The topological polar surface area (TPSA) is 105 Å². The van der Waals surface area contributed by atoms with Crippen molar-refractivity contribution in [3.8, 4) is 11.1 Å². The fourth-order valence-corrected chi connectivity index (χ4v) is 3.61. The van der Waals surface area contributed by atoms with Gasteiger partial charge in [0, 0.05) is 19.5 Å². The lowest BCUT2D eigenvalue weighted by Gasteiger charge is -2.24. The third-order valence-electron chi connectivity index (χ3n) is 5.18. The molecular formula is C22H21F3N2O6. The molecule has 1 aliphatic rings. The van der Waals surface area contributed by atoms with Crippen LogP contribution in [0.1, 0.15) is 17.0 Å². The molecular weight excluding hydrogens is 445 g/mol. The van der Waals surface area contributed by atoms with Crippen molar-refractivity contribution >= 4 is 18.0 Å². The first-order chi connectivity index (χ1) is 15.6. The molecule has 2 aromatic rings. The van der Waals surface area contributed by atoms with Crippen LogP contribution in [0.5, 0.6) is 0 Å². The molecule has 1 unspecified atom stereocenters. The molecule has 1 atom stereocenters. The molecule has 11 heteroatoms. The fraction of sp³-hybridized carbons (Fsp3) is 0.318. The van der Waals surface area contributed by atoms with Crippen molar-refractivity contribution in [2.24, 2.45) is 5.92 Å². The number of halogens is 3. The Balaban J connectivity index is 1.61. The average Bonchev–Trinajstić information content (AvgIpc) is 3.09. The Bertz CT molecular complexity index is 997. The molecule has 176 valence electrons. The zero-order valence-electron chi connectivity index (χ0n) is 17.5. The van der Waals surface area contributed by atoms with Crippen LogP contribution in [0.25, 0.3) is 11.1 Å². The summed E-state index contributed by atoms with van der Waals surface area (Å²) in [5.41, 5.74) is 3.86. The molecule has 0 aromatic heterocycles. The van der Waals surface area contributed by atoms with E-state index in [0.717, 1.165) is 29.3 Å². The predicted octanol–water partition coefficient (Wildman–Crippen LogP) is 3.18. The number of rotatable bonds is 8. The van der Waals surface area contributed by atoms with Gasteiger partial charge >= 0.3 is 18.2 Å². The second kappa shape index (κ2) is 9.90. The van der Waals surface area contributed by atoms with Crippen molar-refractivity contribution in [2.75, 3.05) is 26.8 Å². The summed E-state index contributed by atoms with van der Waals surface area (Å²) in [6.45, 7) is -2.20. The molecule has 0 aliphatic heterocycles. The van der Waals surface area contributed by atoms with Crippen molar-refractivity contribution in [3.05, 3.63) is 59.7 Å². The van der Waals surface area contributed by atoms with Gasteiger partial charge in [-0.25, -0.2) is 14.7 Å². The van der Waals surface area contributed by atoms with Gasteiger partial charge in [-0.3, -0.25) is 9.63 Å². The first-order valence-corrected chi connectivity index (χ1v) is 9.87. The third-order valence-corrected chi connectivity index (χ3v) is 5.18. The lowest BCUT2D eigenvalue weighted by molar-refractivity contribution is -0.215. The lowest BCUT2D eigenvalue weighted by Crippen LogP contribution is -2.47. The number of alkyl carbamates (subject to hydrolysis) is 1. The zero-order valence-corrected chi connectivity index (χ0v) is 17.5. The van der Waals surface area contributed by atoms with Crippen LogP contribution in [0.4, 0.5) is 18.0 Å². The van der Waals surface area contributed by atoms with E-state index >= 15 is 0 Å². The van der Waals surface area contributed by atoms with E-state index in [1.165, 1.54) is 0 Å². The van der Waals surface area contributed by atoms with Crippen molar-refractivity contribution in [1.82, 2.24) is 10.4 Å². The van der Waals surface area contributed by atoms with Crippen LogP contribution in [0.3, 0.4) is 0 Å². The molecule has 0 radical (unpaired) electrons. The second-order valence-electron chi connectivity index (χ2n) is 7.30. The number of hydrogen-bond donors (Lipinski definition) is 2. The van der Waals surface area contributed by atoms with E-state index in [-0.39, 0.29) is 17.6 Å². The van der Waals surface area contributed by atoms with Crippen molar-refractivity contribution in [3.63, 3.8) is 0 Å². The number of carbonyl (C=O) groups is 3. The molecule has 0 heterocycles. The Morgan fingerprint density at radius 1 is 1.06 bits per heavy atom. The molecule has 0 saturated carbocycles. The second-order valence-corrected chi connectivity index (χ2v) is 7.30. The molecule has 0 spiro atoms. The van der Waals surface area contributed by atoms with Crippen LogP contribution in [0.15, 0.2) is 48.5 Å². The quantitative estimate of drug-likeness (QED) is 0.579. The van der Waals surface area contributed by atoms with Gasteiger partial charge in [0.15, 0.2) is 12.5 Å². The van der Waals surface area contributed by atoms with Crippen molar-refractivity contribution in [2.45, 2.75) is 12.1 Å². The number of nitrogens with zero attached hydrogens (tertiary/aromatic N) is 1. The van der Waals surface area contributed by atoms with Gasteiger partial charge in [0.2, 0.25) is 0 Å². The number of carboxylic acid groups (broad SMARTS) is 1. The summed E-state index contributed by atoms with van der Waals surface area (Å²) < 4.78 is 45.2. The van der Waals surface area contributed by atoms with Crippen LogP contribution < -0.4 is 5.32 Å². The SMILES string of the molecule is CN(OCC(=O)O)C(=O)C(CNC(=O)OCC1c2ccccc2-c2ccccc21)C(F)(F)F. The van der Waals surface area contributed by atoms with E-state index in [0.29, 0.717) is 0 Å². The highest BCUT2D eigenvalue weighted by Crippen LogP contribution is 2.44. The van der Waals surface area contributed by atoms with Gasteiger partial charge in [-0.2, -0.15) is 13.2 Å². The summed E-state index contributed by atoms with van der Waals surface area (Å²) in [6, 6.07) is 15.1. The summed E-state index contributed by atoms with van der Waals surface area (Å²) in [5.74, 6) is -5.94. The normalized spacial score (nSPS) is 13.6. The molecule has 0 bridgehead atoms. The highest BCUT2D eigenvalue weighted by Gasteiger charge is 2.46. The molecule has 8 nitrogen and oxygen atoms in total. The summed E-state index contributed by atoms with van der Waals surface area (Å²) >= 11 is 0. The molecule has 0 saturated heterocycles. The number of ether oxygens (including phenoxy) is 1. The molecule has 2 aromatic carbocycles. The number of benzene rings is 2. The first kappa shape index (κ1) is 24.1. The first-order valence-electron chi connectivity index (χ1n) is 9.87. The van der Waals surface area contributed by atoms with Gasteiger partial charge in [-0.15, -0.1) is 0 Å². The highest BCUT2D eigenvalue weighted by atomic mass is 19.4. The Kier molecular flexibility index (Phi) is 7.22. The minimum Gasteiger partial charge on any atom is -0.479 e. The Morgan fingerprint density at radius 3 is 2.12 bits per heavy atom. The maximum atomic E-state index is 13.3. The number of hydroxylamine groups is 2. The van der Waals surface area contributed by atoms with Crippen LogP contribution in [-0.4, -0.2) is 61.1 Å². The van der Waals surface area contributed by atoms with E-state index in [9.17, 15) is 27.6 Å². The Morgan fingerprint density at radius 2 is 1.61 bits per heavy atom. The molecule has 1 aliphatic carbocycles. The van der Waals surface area contributed by atoms with Gasteiger partial charge in [-0.1, -0.05) is 48.5 Å². The predicted molar refractivity (Wildman–Crippen MR) is 109 cm³/mol. The lowest BCUT2D eigenvalue weighted by atomic mass is 9.98. The maximum Gasteiger partial charge on any atom is 0.407 e. The Hall–Kier alpha value is -3.60. The number of aliphatic carboxylic acids is 1. The van der Waals surface area contributed by atoms with Gasteiger partial charge in [0.1, 0.15) is 6.61 Å². The maximum absolute atomic E-state index is 13.3. The fourth-order valence-electron chi connectivity index (χ4n) is 3.61. The van der Waals surface area contributed by atoms with Crippen LogP contribution in [0.2, 0.25) is 0 Å². The van der Waals surface area contributed by atoms with Crippen molar-refractivity contribution < 1.29 is 42.2 Å². The molecule has 33 heavy (non-hydrogen) atoms. The summed E-state index contributed by atoms with van der Waals surface area (Å²) in [5, 5.41) is 10.7. The number of alkyl halides is 3. The number of nitrogens with one attached hydrogen (secondary N) is 1. The van der Waals surface area contributed by atoms with Crippen molar-refractivity contribution in [1.29, 1.82) is 0 Å². The zero-order chi connectivity index (χ0) is 24.2. The monoisotopic (exact) mass is 466 g/mol. The number of amides is 2. The number of fused-ring (bicyclic) bond motifs is 3. The van der Waals surface area contributed by atoms with E-state index in [1.807, 2.05) is 53.8 Å². The average molecular weight is 466 g/mol. The molecule has 2 amide bonds. The minimum atomic E-state index is -5.01. The number of carboxylic acids is 1. The van der Waals surface area contributed by atoms with E-state index in [2.05, 4.69) is 4.84 Å². The van der Waals surface area contributed by atoms with Crippen LogP contribution in [0, 0.1) is 5.92 Å². The summed E-state index contributed by atoms with van der Waals surface area (Å²) in [4.78, 5) is 39.1. The molecule has 2 N–H and O–H groups in total. The molecule has 0 fully saturated rings.